The minimum atomic E-state index is -0.526. The summed E-state index contributed by atoms with van der Waals surface area (Å²) < 4.78 is 4.89. The quantitative estimate of drug-likeness (QED) is 0.619. The van der Waals surface area contributed by atoms with Crippen molar-refractivity contribution in [3.63, 3.8) is 0 Å². The number of fused-ring (bicyclic) bond motifs is 1. The third-order valence-electron chi connectivity index (χ3n) is 2.85. The van der Waals surface area contributed by atoms with Gasteiger partial charge in [0.25, 0.3) is 5.91 Å². The van der Waals surface area contributed by atoms with Crippen LogP contribution in [0.5, 0.6) is 0 Å². The maximum absolute atomic E-state index is 12.0. The zero-order valence-corrected chi connectivity index (χ0v) is 10.3. The second-order valence-corrected chi connectivity index (χ2v) is 4.30. The zero-order valence-electron chi connectivity index (χ0n) is 10.3. The summed E-state index contributed by atoms with van der Waals surface area (Å²) in [5.74, 6) is -0.780. The number of carbonyl (C=O) groups is 1. The zero-order chi connectivity index (χ0) is 14.1. The number of H-pyrrole nitrogens is 1. The average Bonchev–Trinajstić information content (AvgIpc) is 2.78. The van der Waals surface area contributed by atoms with Gasteiger partial charge in [-0.2, -0.15) is 0 Å². The van der Waals surface area contributed by atoms with E-state index in [1.807, 2.05) is 0 Å². The predicted molar refractivity (Wildman–Crippen MR) is 75.6 cm³/mol. The van der Waals surface area contributed by atoms with Gasteiger partial charge in [-0.1, -0.05) is 0 Å². The number of nitrogens with two attached hydrogens (primary N) is 1. The van der Waals surface area contributed by atoms with Crippen LogP contribution < -0.4 is 16.8 Å². The predicted octanol–water partition coefficient (Wildman–Crippen LogP) is 1.96. The molecule has 4 N–H and O–H groups in total. The normalized spacial score (nSPS) is 10.6. The third kappa shape index (κ3) is 2.26. The van der Waals surface area contributed by atoms with E-state index in [2.05, 4.69) is 10.3 Å². The summed E-state index contributed by atoms with van der Waals surface area (Å²) in [4.78, 5) is 25.6. The number of oxazole rings is 1. The molecular formula is C14H11N3O3. The Morgan fingerprint density at radius 2 is 1.90 bits per heavy atom. The van der Waals surface area contributed by atoms with Gasteiger partial charge in [0.1, 0.15) is 0 Å². The van der Waals surface area contributed by atoms with Crippen molar-refractivity contribution in [2.24, 2.45) is 0 Å². The topological polar surface area (TPSA) is 101 Å². The van der Waals surface area contributed by atoms with Crippen molar-refractivity contribution in [3.8, 4) is 0 Å². The highest BCUT2D eigenvalue weighted by Crippen LogP contribution is 2.17. The lowest BCUT2D eigenvalue weighted by atomic mass is 10.2. The van der Waals surface area contributed by atoms with Crippen LogP contribution in [0.2, 0.25) is 0 Å². The number of rotatable bonds is 2. The van der Waals surface area contributed by atoms with Gasteiger partial charge < -0.3 is 15.5 Å². The molecule has 0 unspecified atom stereocenters. The minimum Gasteiger partial charge on any atom is -0.408 e. The standard InChI is InChI=1S/C14H11N3O3/c15-9-3-1-8(2-4-9)13(18)16-10-5-6-12-11(7-10)17-14(19)20-12/h1-7H,15H2,(H,16,18)(H,17,19). The van der Waals surface area contributed by atoms with Gasteiger partial charge in [0.05, 0.1) is 5.52 Å². The van der Waals surface area contributed by atoms with Crippen molar-refractivity contribution < 1.29 is 9.21 Å². The molecule has 1 heterocycles. The number of benzene rings is 2. The fourth-order valence-electron chi connectivity index (χ4n) is 1.87. The highest BCUT2D eigenvalue weighted by atomic mass is 16.4. The number of aromatic nitrogens is 1. The molecule has 0 aliphatic heterocycles. The van der Waals surface area contributed by atoms with Crippen LogP contribution in [-0.4, -0.2) is 10.9 Å². The molecule has 0 saturated carbocycles. The number of hydrogen-bond acceptors (Lipinski definition) is 4. The van der Waals surface area contributed by atoms with Gasteiger partial charge in [-0.15, -0.1) is 0 Å². The Bertz CT molecular complexity index is 831. The van der Waals surface area contributed by atoms with Crippen LogP contribution in [0.15, 0.2) is 51.7 Å². The van der Waals surface area contributed by atoms with Crippen LogP contribution >= 0.6 is 0 Å². The van der Waals surface area contributed by atoms with Crippen LogP contribution in [0.4, 0.5) is 11.4 Å². The molecule has 6 heteroatoms. The van der Waals surface area contributed by atoms with E-state index in [1.165, 1.54) is 0 Å². The van der Waals surface area contributed by atoms with E-state index in [0.717, 1.165) is 0 Å². The first-order chi connectivity index (χ1) is 9.61. The maximum atomic E-state index is 12.0. The van der Waals surface area contributed by atoms with Crippen molar-refractivity contribution in [2.45, 2.75) is 0 Å². The summed E-state index contributed by atoms with van der Waals surface area (Å²) in [6.07, 6.45) is 0. The fraction of sp³-hybridized carbons (Fsp3) is 0. The average molecular weight is 269 g/mol. The van der Waals surface area contributed by atoms with Crippen LogP contribution in [0.25, 0.3) is 11.1 Å². The largest absolute Gasteiger partial charge is 0.417 e. The smallest absolute Gasteiger partial charge is 0.408 e. The molecule has 0 saturated heterocycles. The van der Waals surface area contributed by atoms with Crippen molar-refractivity contribution in [1.82, 2.24) is 4.98 Å². The minimum absolute atomic E-state index is 0.254. The summed E-state index contributed by atoms with van der Waals surface area (Å²) >= 11 is 0. The van der Waals surface area contributed by atoms with E-state index in [0.29, 0.717) is 28.0 Å². The van der Waals surface area contributed by atoms with Crippen LogP contribution in [-0.2, 0) is 0 Å². The van der Waals surface area contributed by atoms with Crippen molar-refractivity contribution in [1.29, 1.82) is 0 Å². The summed E-state index contributed by atoms with van der Waals surface area (Å²) in [6, 6.07) is 11.5. The molecular weight excluding hydrogens is 258 g/mol. The molecule has 0 fully saturated rings. The summed E-state index contributed by atoms with van der Waals surface area (Å²) in [7, 11) is 0. The second-order valence-electron chi connectivity index (χ2n) is 4.30. The lowest BCUT2D eigenvalue weighted by Crippen LogP contribution is -2.11. The van der Waals surface area contributed by atoms with E-state index in [1.54, 1.807) is 42.5 Å². The summed E-state index contributed by atoms with van der Waals surface area (Å²) in [5.41, 5.74) is 8.21. The third-order valence-corrected chi connectivity index (χ3v) is 2.85. The monoisotopic (exact) mass is 269 g/mol. The first-order valence-electron chi connectivity index (χ1n) is 5.91. The van der Waals surface area contributed by atoms with Gasteiger partial charge in [0, 0.05) is 16.9 Å². The molecule has 6 nitrogen and oxygen atoms in total. The molecule has 1 aromatic heterocycles. The van der Waals surface area contributed by atoms with Gasteiger partial charge >= 0.3 is 5.76 Å². The highest BCUT2D eigenvalue weighted by Gasteiger charge is 2.07. The number of aromatic amines is 1. The van der Waals surface area contributed by atoms with Crippen LogP contribution in [0, 0.1) is 0 Å². The molecule has 1 amide bonds. The van der Waals surface area contributed by atoms with Gasteiger partial charge in [0.15, 0.2) is 5.58 Å². The molecule has 0 spiro atoms. The number of anilines is 2. The SMILES string of the molecule is Nc1ccc(C(=O)Nc2ccc3oc(=O)[nH]c3c2)cc1. The lowest BCUT2D eigenvalue weighted by Gasteiger charge is -2.05. The maximum Gasteiger partial charge on any atom is 0.417 e. The second kappa shape index (κ2) is 4.58. The van der Waals surface area contributed by atoms with Crippen LogP contribution in [0.3, 0.4) is 0 Å². The Morgan fingerprint density at radius 1 is 1.15 bits per heavy atom. The Labute approximate surface area is 113 Å². The first-order valence-corrected chi connectivity index (χ1v) is 5.91. The molecule has 100 valence electrons. The molecule has 3 rings (SSSR count). The van der Waals surface area contributed by atoms with E-state index in [9.17, 15) is 9.59 Å². The summed E-state index contributed by atoms with van der Waals surface area (Å²) in [5, 5.41) is 2.74. The molecule has 0 atom stereocenters. The van der Waals surface area contributed by atoms with E-state index >= 15 is 0 Å². The number of nitrogens with one attached hydrogen (secondary N) is 2. The molecule has 0 aliphatic rings. The summed E-state index contributed by atoms with van der Waals surface area (Å²) in [6.45, 7) is 0. The van der Waals surface area contributed by atoms with Gasteiger partial charge in [-0.3, -0.25) is 9.78 Å². The Kier molecular flexibility index (Phi) is 2.76. The van der Waals surface area contributed by atoms with E-state index in [-0.39, 0.29) is 5.91 Å². The van der Waals surface area contributed by atoms with Gasteiger partial charge in [0.2, 0.25) is 0 Å². The lowest BCUT2D eigenvalue weighted by molar-refractivity contribution is 0.102. The number of carbonyl (C=O) groups excluding carboxylic acids is 1. The number of amides is 1. The van der Waals surface area contributed by atoms with Crippen molar-refractivity contribution in [2.75, 3.05) is 11.1 Å². The fourth-order valence-corrected chi connectivity index (χ4v) is 1.87. The van der Waals surface area contributed by atoms with E-state index in [4.69, 9.17) is 10.2 Å². The Hall–Kier alpha value is -3.02. The Morgan fingerprint density at radius 3 is 2.65 bits per heavy atom. The molecule has 20 heavy (non-hydrogen) atoms. The first kappa shape index (κ1) is 12.0. The van der Waals surface area contributed by atoms with Gasteiger partial charge in [-0.05, 0) is 42.5 Å². The molecule has 0 aliphatic carbocycles. The van der Waals surface area contributed by atoms with Crippen molar-refractivity contribution in [3.05, 3.63) is 58.6 Å². The Balaban J connectivity index is 1.86. The number of nitrogen functional groups attached to an aromatic ring is 1. The van der Waals surface area contributed by atoms with Crippen LogP contribution in [0.1, 0.15) is 10.4 Å². The highest BCUT2D eigenvalue weighted by molar-refractivity contribution is 6.05. The van der Waals surface area contributed by atoms with E-state index < -0.39 is 5.76 Å². The molecule has 0 bridgehead atoms. The van der Waals surface area contributed by atoms with Gasteiger partial charge in [-0.25, -0.2) is 4.79 Å². The molecule has 3 aromatic rings. The molecule has 0 radical (unpaired) electrons. The van der Waals surface area contributed by atoms with Crippen molar-refractivity contribution >= 4 is 28.4 Å². The number of hydrogen-bond donors (Lipinski definition) is 3. The molecule has 2 aromatic carbocycles.